The van der Waals surface area contributed by atoms with E-state index in [-0.39, 0.29) is 0 Å². The number of amidine groups is 1. The third-order valence-corrected chi connectivity index (χ3v) is 6.83. The van der Waals surface area contributed by atoms with Crippen LogP contribution in [0.1, 0.15) is 22.3 Å². The quantitative estimate of drug-likeness (QED) is 0.270. The van der Waals surface area contributed by atoms with Crippen LogP contribution in [0.15, 0.2) is 119 Å². The van der Waals surface area contributed by atoms with Gasteiger partial charge in [-0.15, -0.1) is 0 Å². The number of nitrogens with zero attached hydrogens (tertiary/aromatic N) is 4. The summed E-state index contributed by atoms with van der Waals surface area (Å²) in [6, 6.07) is 32.9. The SMILES string of the molecule is CN1CCN=C1c1cccc(OC2(Oc3cc(C#N)ccc3OCc3ccccc3)N=CC=C(c3ccccc3)N2)c1. The average molecular weight is 556 g/mol. The van der Waals surface area contributed by atoms with Crippen molar-refractivity contribution >= 4 is 17.7 Å². The summed E-state index contributed by atoms with van der Waals surface area (Å²) in [4.78, 5) is 11.4. The fourth-order valence-corrected chi connectivity index (χ4v) is 4.73. The first-order valence-corrected chi connectivity index (χ1v) is 13.6. The van der Waals surface area contributed by atoms with Crippen LogP contribution in [0.4, 0.5) is 0 Å². The predicted molar refractivity (Wildman–Crippen MR) is 162 cm³/mol. The Morgan fingerprint density at radius 1 is 0.881 bits per heavy atom. The molecule has 42 heavy (non-hydrogen) atoms. The van der Waals surface area contributed by atoms with Crippen molar-refractivity contribution in [2.45, 2.75) is 12.6 Å². The molecule has 0 bridgehead atoms. The van der Waals surface area contributed by atoms with Gasteiger partial charge in [-0.2, -0.15) is 10.3 Å². The summed E-state index contributed by atoms with van der Waals surface area (Å²) in [7, 11) is 2.02. The minimum Gasteiger partial charge on any atom is -0.485 e. The number of nitriles is 1. The number of hydrogen-bond acceptors (Lipinski definition) is 8. The van der Waals surface area contributed by atoms with Crippen LogP contribution >= 0.6 is 0 Å². The fourth-order valence-electron chi connectivity index (χ4n) is 4.73. The van der Waals surface area contributed by atoms with E-state index < -0.39 is 6.03 Å². The van der Waals surface area contributed by atoms with E-state index in [1.54, 1.807) is 24.4 Å². The molecule has 0 fully saturated rings. The number of allylic oxidation sites excluding steroid dienone is 1. The summed E-state index contributed by atoms with van der Waals surface area (Å²) in [6.07, 6.45) is 3.51. The zero-order valence-corrected chi connectivity index (χ0v) is 23.1. The van der Waals surface area contributed by atoms with Crippen molar-refractivity contribution in [3.8, 4) is 23.3 Å². The smallest absolute Gasteiger partial charge is 0.450 e. The Morgan fingerprint density at radius 3 is 2.43 bits per heavy atom. The van der Waals surface area contributed by atoms with Crippen LogP contribution in [0, 0.1) is 11.3 Å². The van der Waals surface area contributed by atoms with Crippen LogP contribution in [0.3, 0.4) is 0 Å². The van der Waals surface area contributed by atoms with Gasteiger partial charge >= 0.3 is 6.03 Å². The van der Waals surface area contributed by atoms with Crippen LogP contribution in [0.2, 0.25) is 0 Å². The maximum Gasteiger partial charge on any atom is 0.450 e. The number of aliphatic imine (C=N–C) groups is 2. The standard InChI is InChI=1S/C34H29N5O3/c1-39-20-19-36-33(39)28-13-8-14-29(22-28)41-34(37-18-17-30(38-34)27-11-6-3-7-12-27)42-32-21-26(23-35)15-16-31(32)40-24-25-9-4-2-5-10-25/h2-18,21-22,38H,19-20,24H2,1H3. The Balaban J connectivity index is 1.36. The molecule has 1 unspecified atom stereocenters. The highest BCUT2D eigenvalue weighted by atomic mass is 16.7. The van der Waals surface area contributed by atoms with Gasteiger partial charge in [0.05, 0.1) is 23.9 Å². The number of ether oxygens (including phenoxy) is 3. The molecule has 0 saturated heterocycles. The lowest BCUT2D eigenvalue weighted by Crippen LogP contribution is -2.54. The monoisotopic (exact) mass is 555 g/mol. The predicted octanol–water partition coefficient (Wildman–Crippen LogP) is 5.61. The fraction of sp³-hybridized carbons (Fsp3) is 0.147. The van der Waals surface area contributed by atoms with Crippen molar-refractivity contribution in [2.24, 2.45) is 9.98 Å². The maximum atomic E-state index is 9.67. The molecule has 8 nitrogen and oxygen atoms in total. The lowest BCUT2D eigenvalue weighted by Gasteiger charge is -2.34. The Morgan fingerprint density at radius 2 is 1.67 bits per heavy atom. The highest BCUT2D eigenvalue weighted by molar-refractivity contribution is 5.99. The van der Waals surface area contributed by atoms with Gasteiger partial charge in [0.15, 0.2) is 11.5 Å². The van der Waals surface area contributed by atoms with Crippen molar-refractivity contribution in [1.82, 2.24) is 10.2 Å². The largest absolute Gasteiger partial charge is 0.485 e. The van der Waals surface area contributed by atoms with E-state index in [0.717, 1.165) is 41.3 Å². The molecule has 2 aliphatic rings. The minimum absolute atomic E-state index is 0.306. The Bertz CT molecular complexity index is 1700. The molecular weight excluding hydrogens is 526 g/mol. The van der Waals surface area contributed by atoms with Gasteiger partial charge in [0.2, 0.25) is 0 Å². The van der Waals surface area contributed by atoms with Crippen molar-refractivity contribution in [2.75, 3.05) is 20.1 Å². The van der Waals surface area contributed by atoms with Gasteiger partial charge < -0.3 is 19.1 Å². The number of benzene rings is 4. The average Bonchev–Trinajstić information content (AvgIpc) is 3.47. The molecule has 2 heterocycles. The summed E-state index contributed by atoms with van der Waals surface area (Å²) in [5, 5.41) is 13.0. The Labute approximate surface area is 244 Å². The summed E-state index contributed by atoms with van der Waals surface area (Å²) in [6.45, 7) is 1.94. The molecule has 6 rings (SSSR count). The van der Waals surface area contributed by atoms with Crippen LogP contribution in [0.25, 0.3) is 5.70 Å². The van der Waals surface area contributed by atoms with Crippen LogP contribution in [-0.4, -0.2) is 43.1 Å². The van der Waals surface area contributed by atoms with Gasteiger partial charge in [-0.05, 0) is 41.5 Å². The van der Waals surface area contributed by atoms with Crippen molar-refractivity contribution in [1.29, 1.82) is 5.26 Å². The van der Waals surface area contributed by atoms with Crippen molar-refractivity contribution in [3.63, 3.8) is 0 Å². The number of likely N-dealkylation sites (N-methyl/N-ethyl adjacent to an activating group) is 1. The molecule has 2 aliphatic heterocycles. The number of hydrogen-bond donors (Lipinski definition) is 1. The van der Waals surface area contributed by atoms with E-state index in [2.05, 4.69) is 26.3 Å². The van der Waals surface area contributed by atoms with E-state index in [1.165, 1.54) is 0 Å². The zero-order chi connectivity index (χ0) is 28.8. The maximum absolute atomic E-state index is 9.67. The first-order valence-electron chi connectivity index (χ1n) is 13.6. The molecule has 1 N–H and O–H groups in total. The lowest BCUT2D eigenvalue weighted by molar-refractivity contribution is -0.122. The van der Waals surface area contributed by atoms with Gasteiger partial charge in [-0.1, -0.05) is 72.8 Å². The molecule has 0 amide bonds. The molecule has 0 saturated carbocycles. The van der Waals surface area contributed by atoms with Gasteiger partial charge in [0.25, 0.3) is 0 Å². The molecule has 4 aromatic rings. The second kappa shape index (κ2) is 11.9. The Hall–Kier alpha value is -5.55. The molecular formula is C34H29N5O3. The summed E-state index contributed by atoms with van der Waals surface area (Å²) in [5.74, 6) is 2.18. The van der Waals surface area contributed by atoms with E-state index in [1.807, 2.05) is 98.1 Å². The minimum atomic E-state index is -1.71. The summed E-state index contributed by atoms with van der Waals surface area (Å²) < 4.78 is 19.3. The van der Waals surface area contributed by atoms with Crippen LogP contribution in [0.5, 0.6) is 17.2 Å². The van der Waals surface area contributed by atoms with Crippen LogP contribution < -0.4 is 19.5 Å². The molecule has 0 aliphatic carbocycles. The topological polar surface area (TPSA) is 91.5 Å². The highest BCUT2D eigenvalue weighted by Crippen LogP contribution is 2.35. The second-order valence-corrected chi connectivity index (χ2v) is 9.84. The highest BCUT2D eigenvalue weighted by Gasteiger charge is 2.39. The molecule has 1 atom stereocenters. The van der Waals surface area contributed by atoms with Gasteiger partial charge in [-0.25, -0.2) is 0 Å². The lowest BCUT2D eigenvalue weighted by atomic mass is 10.1. The van der Waals surface area contributed by atoms with E-state index >= 15 is 0 Å². The van der Waals surface area contributed by atoms with Crippen molar-refractivity contribution < 1.29 is 14.2 Å². The van der Waals surface area contributed by atoms with Crippen molar-refractivity contribution in [3.05, 3.63) is 131 Å². The van der Waals surface area contributed by atoms with E-state index in [0.29, 0.717) is 29.4 Å². The molecule has 8 heteroatoms. The first-order chi connectivity index (χ1) is 20.6. The molecule has 0 aromatic heterocycles. The number of rotatable bonds is 9. The summed E-state index contributed by atoms with van der Waals surface area (Å²) in [5.41, 5.74) is 4.03. The third-order valence-electron chi connectivity index (χ3n) is 6.83. The van der Waals surface area contributed by atoms with Crippen LogP contribution in [-0.2, 0) is 6.61 Å². The Kier molecular flexibility index (Phi) is 7.56. The third kappa shape index (κ3) is 5.96. The van der Waals surface area contributed by atoms with E-state index in [9.17, 15) is 5.26 Å². The zero-order valence-electron chi connectivity index (χ0n) is 23.1. The van der Waals surface area contributed by atoms with E-state index in [4.69, 9.17) is 14.2 Å². The normalized spacial score (nSPS) is 17.5. The molecule has 0 radical (unpaired) electrons. The van der Waals surface area contributed by atoms with Gasteiger partial charge in [0, 0.05) is 31.4 Å². The second-order valence-electron chi connectivity index (χ2n) is 9.84. The number of nitrogens with one attached hydrogen (secondary N) is 1. The molecule has 0 spiro atoms. The molecule has 208 valence electrons. The summed E-state index contributed by atoms with van der Waals surface area (Å²) >= 11 is 0. The first kappa shape index (κ1) is 26.7. The van der Waals surface area contributed by atoms with Gasteiger partial charge in [0.1, 0.15) is 18.2 Å². The molecule has 4 aromatic carbocycles. The van der Waals surface area contributed by atoms with Gasteiger partial charge in [-0.3, -0.25) is 10.3 Å².